The Hall–Kier alpha value is -3.01. The lowest BCUT2D eigenvalue weighted by Crippen LogP contribution is -2.10. The van der Waals surface area contributed by atoms with Crippen molar-refractivity contribution in [3.63, 3.8) is 0 Å². The number of allylic oxidation sites excluding steroid dienone is 1. The van der Waals surface area contributed by atoms with Crippen molar-refractivity contribution in [2.24, 2.45) is 0 Å². The first kappa shape index (κ1) is 13.9. The van der Waals surface area contributed by atoms with E-state index in [1.807, 2.05) is 30.3 Å². The summed E-state index contributed by atoms with van der Waals surface area (Å²) >= 11 is 0. The number of Topliss-reactive ketones (excluding diaryl/α,β-unsaturated/α-hetero) is 1. The van der Waals surface area contributed by atoms with Crippen LogP contribution in [0.5, 0.6) is 0 Å². The number of rotatable bonds is 4. The quantitative estimate of drug-likeness (QED) is 0.540. The third-order valence-electron chi connectivity index (χ3n) is 3.19. The van der Waals surface area contributed by atoms with Crippen molar-refractivity contribution in [3.8, 4) is 0 Å². The van der Waals surface area contributed by atoms with Crippen LogP contribution in [0, 0.1) is 5.82 Å². The molecule has 2 aromatic carbocycles. The molecular formula is C18H13FN2O. The number of carbonyl (C=O) groups excluding carboxylic acids is 1. The van der Waals surface area contributed by atoms with Crippen LogP contribution in [0.3, 0.4) is 0 Å². The van der Waals surface area contributed by atoms with E-state index in [0.717, 1.165) is 5.56 Å². The first-order valence-corrected chi connectivity index (χ1v) is 6.81. The van der Waals surface area contributed by atoms with Gasteiger partial charge in [0, 0.05) is 18.0 Å². The summed E-state index contributed by atoms with van der Waals surface area (Å²) in [5, 5.41) is 4.13. The molecular weight excluding hydrogens is 279 g/mol. The zero-order valence-electron chi connectivity index (χ0n) is 11.7. The number of halogens is 1. The van der Waals surface area contributed by atoms with E-state index in [9.17, 15) is 9.18 Å². The second-order valence-electron chi connectivity index (χ2n) is 4.73. The summed E-state index contributed by atoms with van der Waals surface area (Å²) in [4.78, 5) is 12.7. The van der Waals surface area contributed by atoms with Gasteiger partial charge in [-0.05, 0) is 42.0 Å². The molecule has 3 aromatic rings. The standard InChI is InChI=1S/C18H13FN2O/c19-16-9-7-15(8-10-16)18(22)17(21-12-4-11-20-21)13-14-5-2-1-3-6-14/h1-13H/b17-13-. The Kier molecular flexibility index (Phi) is 3.92. The molecule has 0 unspecified atom stereocenters. The topological polar surface area (TPSA) is 34.9 Å². The van der Waals surface area contributed by atoms with Crippen molar-refractivity contribution in [1.29, 1.82) is 0 Å². The van der Waals surface area contributed by atoms with Gasteiger partial charge in [-0.3, -0.25) is 4.79 Å². The summed E-state index contributed by atoms with van der Waals surface area (Å²) in [7, 11) is 0. The predicted molar refractivity (Wildman–Crippen MR) is 83.6 cm³/mol. The van der Waals surface area contributed by atoms with Crippen LogP contribution in [0.15, 0.2) is 73.1 Å². The maximum absolute atomic E-state index is 13.0. The number of nitrogens with zero attached hydrogens (tertiary/aromatic N) is 2. The smallest absolute Gasteiger partial charge is 0.211 e. The molecule has 4 heteroatoms. The summed E-state index contributed by atoms with van der Waals surface area (Å²) < 4.78 is 14.5. The van der Waals surface area contributed by atoms with Gasteiger partial charge in [0.2, 0.25) is 5.78 Å². The SMILES string of the molecule is O=C(/C(=C/c1ccccc1)n1cccn1)c1ccc(F)cc1. The highest BCUT2D eigenvalue weighted by molar-refractivity contribution is 6.27. The number of benzene rings is 2. The molecule has 22 heavy (non-hydrogen) atoms. The summed E-state index contributed by atoms with van der Waals surface area (Å²) in [5.41, 5.74) is 1.71. The summed E-state index contributed by atoms with van der Waals surface area (Å²) in [6, 6.07) is 16.8. The Labute approximate surface area is 127 Å². The van der Waals surface area contributed by atoms with E-state index in [-0.39, 0.29) is 11.6 Å². The molecule has 0 saturated heterocycles. The molecule has 0 aliphatic rings. The van der Waals surface area contributed by atoms with Crippen LogP contribution in [-0.4, -0.2) is 15.6 Å². The average Bonchev–Trinajstić information content (AvgIpc) is 3.08. The third kappa shape index (κ3) is 3.01. The maximum atomic E-state index is 13.0. The van der Waals surface area contributed by atoms with E-state index in [4.69, 9.17) is 0 Å². The van der Waals surface area contributed by atoms with Gasteiger partial charge in [-0.1, -0.05) is 30.3 Å². The second-order valence-corrected chi connectivity index (χ2v) is 4.73. The molecule has 0 N–H and O–H groups in total. The van der Waals surface area contributed by atoms with Crippen LogP contribution < -0.4 is 0 Å². The molecule has 0 fully saturated rings. The number of carbonyl (C=O) groups is 1. The van der Waals surface area contributed by atoms with Gasteiger partial charge in [0.05, 0.1) is 0 Å². The van der Waals surface area contributed by atoms with Gasteiger partial charge >= 0.3 is 0 Å². The van der Waals surface area contributed by atoms with Gasteiger partial charge in [-0.15, -0.1) is 0 Å². The molecule has 1 aromatic heterocycles. The molecule has 0 atom stereocenters. The van der Waals surface area contributed by atoms with E-state index in [2.05, 4.69) is 5.10 Å². The van der Waals surface area contributed by atoms with Gasteiger partial charge in [-0.25, -0.2) is 9.07 Å². The molecule has 0 aliphatic heterocycles. The number of hydrogen-bond donors (Lipinski definition) is 0. The summed E-state index contributed by atoms with van der Waals surface area (Å²) in [6.07, 6.45) is 5.08. The highest BCUT2D eigenvalue weighted by Gasteiger charge is 2.15. The van der Waals surface area contributed by atoms with Crippen molar-refractivity contribution in [3.05, 3.63) is 90.0 Å². The van der Waals surface area contributed by atoms with E-state index in [0.29, 0.717) is 11.3 Å². The van der Waals surface area contributed by atoms with Gasteiger partial charge in [-0.2, -0.15) is 5.10 Å². The predicted octanol–water partition coefficient (Wildman–Crippen LogP) is 3.90. The van der Waals surface area contributed by atoms with Crippen LogP contribution in [-0.2, 0) is 0 Å². The minimum absolute atomic E-state index is 0.215. The average molecular weight is 292 g/mol. The number of hydrogen-bond acceptors (Lipinski definition) is 2. The van der Waals surface area contributed by atoms with Crippen LogP contribution in [0.2, 0.25) is 0 Å². The van der Waals surface area contributed by atoms with Gasteiger partial charge in [0.25, 0.3) is 0 Å². The van der Waals surface area contributed by atoms with E-state index in [1.165, 1.54) is 28.9 Å². The van der Waals surface area contributed by atoms with Crippen LogP contribution in [0.1, 0.15) is 15.9 Å². The Balaban J connectivity index is 2.04. The van der Waals surface area contributed by atoms with Gasteiger partial charge < -0.3 is 0 Å². The first-order chi connectivity index (χ1) is 10.7. The van der Waals surface area contributed by atoms with Crippen LogP contribution in [0.25, 0.3) is 11.8 Å². The largest absolute Gasteiger partial charge is 0.287 e. The van der Waals surface area contributed by atoms with Crippen molar-refractivity contribution in [2.75, 3.05) is 0 Å². The lowest BCUT2D eigenvalue weighted by molar-refractivity contribution is 0.105. The van der Waals surface area contributed by atoms with Crippen molar-refractivity contribution in [2.45, 2.75) is 0 Å². The highest BCUT2D eigenvalue weighted by atomic mass is 19.1. The molecule has 108 valence electrons. The van der Waals surface area contributed by atoms with Crippen molar-refractivity contribution >= 4 is 17.6 Å². The second kappa shape index (κ2) is 6.18. The van der Waals surface area contributed by atoms with E-state index < -0.39 is 0 Å². The Bertz CT molecular complexity index is 791. The third-order valence-corrected chi connectivity index (χ3v) is 3.19. The Morgan fingerprint density at radius 2 is 1.73 bits per heavy atom. The van der Waals surface area contributed by atoms with Crippen molar-refractivity contribution < 1.29 is 9.18 Å². The number of ketones is 1. The highest BCUT2D eigenvalue weighted by Crippen LogP contribution is 2.17. The Morgan fingerprint density at radius 3 is 2.36 bits per heavy atom. The lowest BCUT2D eigenvalue weighted by atomic mass is 10.1. The van der Waals surface area contributed by atoms with Crippen LogP contribution in [0.4, 0.5) is 4.39 Å². The van der Waals surface area contributed by atoms with Crippen molar-refractivity contribution in [1.82, 2.24) is 9.78 Å². The Morgan fingerprint density at radius 1 is 1.00 bits per heavy atom. The fourth-order valence-corrected chi connectivity index (χ4v) is 2.10. The molecule has 0 amide bonds. The van der Waals surface area contributed by atoms with Gasteiger partial charge in [0.15, 0.2) is 0 Å². The minimum atomic E-state index is -0.371. The molecule has 3 rings (SSSR count). The van der Waals surface area contributed by atoms with E-state index in [1.54, 1.807) is 24.5 Å². The van der Waals surface area contributed by atoms with Gasteiger partial charge in [0.1, 0.15) is 11.5 Å². The minimum Gasteiger partial charge on any atom is -0.287 e. The zero-order chi connectivity index (χ0) is 15.4. The molecule has 1 heterocycles. The summed E-state index contributed by atoms with van der Waals surface area (Å²) in [5.74, 6) is -0.586. The molecule has 0 radical (unpaired) electrons. The molecule has 0 bridgehead atoms. The fraction of sp³-hybridized carbons (Fsp3) is 0. The first-order valence-electron chi connectivity index (χ1n) is 6.81. The normalized spacial score (nSPS) is 11.4. The maximum Gasteiger partial charge on any atom is 0.211 e. The zero-order valence-corrected chi connectivity index (χ0v) is 11.7. The molecule has 0 aliphatic carbocycles. The lowest BCUT2D eigenvalue weighted by Gasteiger charge is -2.07. The van der Waals surface area contributed by atoms with Crippen LogP contribution >= 0.6 is 0 Å². The molecule has 3 nitrogen and oxygen atoms in total. The number of aromatic nitrogens is 2. The fourth-order valence-electron chi connectivity index (χ4n) is 2.10. The monoisotopic (exact) mass is 292 g/mol. The molecule has 0 saturated carbocycles. The van der Waals surface area contributed by atoms with E-state index >= 15 is 0 Å². The summed E-state index contributed by atoms with van der Waals surface area (Å²) in [6.45, 7) is 0. The molecule has 0 spiro atoms.